The van der Waals surface area contributed by atoms with Gasteiger partial charge in [0.25, 0.3) is 0 Å². The van der Waals surface area contributed by atoms with Gasteiger partial charge in [-0.15, -0.1) is 0 Å². The van der Waals surface area contributed by atoms with Gasteiger partial charge in [-0.05, 0) is 40.8 Å². The second-order valence-electron chi connectivity index (χ2n) is 5.32. The number of aliphatic carboxylic acids is 1. The van der Waals surface area contributed by atoms with Crippen molar-refractivity contribution < 1.29 is 14.7 Å². The van der Waals surface area contributed by atoms with Gasteiger partial charge in [0.1, 0.15) is 0 Å². The number of carbonyl (C=O) groups is 2. The standard InChI is InChI=1S/C18H20O3S/c19-17(5-3-1-2-4-6-18(20)21)15-9-7-14(8-10-15)16-11-12-22-13-16/h7-13H,1-6H2,(H,20,21). The summed E-state index contributed by atoms with van der Waals surface area (Å²) >= 11 is 1.66. The SMILES string of the molecule is O=C(O)CCCCCCC(=O)c1ccc(-c2ccsc2)cc1. The average molecular weight is 316 g/mol. The molecule has 0 amide bonds. The third-order valence-electron chi connectivity index (χ3n) is 3.61. The summed E-state index contributed by atoms with van der Waals surface area (Å²) < 4.78 is 0. The molecule has 3 nitrogen and oxygen atoms in total. The van der Waals surface area contributed by atoms with Crippen LogP contribution in [0.4, 0.5) is 0 Å². The van der Waals surface area contributed by atoms with E-state index in [-0.39, 0.29) is 12.2 Å². The van der Waals surface area contributed by atoms with Gasteiger partial charge in [0, 0.05) is 18.4 Å². The van der Waals surface area contributed by atoms with E-state index in [0.717, 1.165) is 30.4 Å². The Kier molecular flexibility index (Phi) is 6.34. The highest BCUT2D eigenvalue weighted by Crippen LogP contribution is 2.22. The number of hydrogen-bond acceptors (Lipinski definition) is 3. The fourth-order valence-electron chi connectivity index (χ4n) is 2.34. The van der Waals surface area contributed by atoms with Crippen molar-refractivity contribution in [1.82, 2.24) is 0 Å². The monoisotopic (exact) mass is 316 g/mol. The number of rotatable bonds is 9. The van der Waals surface area contributed by atoms with Crippen molar-refractivity contribution in [3.05, 3.63) is 46.7 Å². The zero-order chi connectivity index (χ0) is 15.8. The summed E-state index contributed by atoms with van der Waals surface area (Å²) in [5, 5.41) is 12.7. The van der Waals surface area contributed by atoms with Crippen molar-refractivity contribution in [2.75, 3.05) is 0 Å². The maximum atomic E-state index is 12.1. The Bertz CT molecular complexity index is 600. The quantitative estimate of drug-likeness (QED) is 0.522. The molecule has 0 unspecified atom stereocenters. The van der Waals surface area contributed by atoms with Crippen LogP contribution in [0.1, 0.15) is 48.9 Å². The second kappa shape index (κ2) is 8.49. The van der Waals surface area contributed by atoms with E-state index in [4.69, 9.17) is 5.11 Å². The lowest BCUT2D eigenvalue weighted by atomic mass is 10.0. The Hall–Kier alpha value is -1.94. The zero-order valence-corrected chi connectivity index (χ0v) is 13.3. The van der Waals surface area contributed by atoms with Crippen LogP contribution in [0.2, 0.25) is 0 Å². The van der Waals surface area contributed by atoms with E-state index in [9.17, 15) is 9.59 Å². The summed E-state index contributed by atoms with van der Waals surface area (Å²) in [7, 11) is 0. The number of ketones is 1. The molecule has 116 valence electrons. The van der Waals surface area contributed by atoms with Crippen molar-refractivity contribution in [1.29, 1.82) is 0 Å². The maximum Gasteiger partial charge on any atom is 0.303 e. The van der Waals surface area contributed by atoms with Gasteiger partial charge in [0.05, 0.1) is 0 Å². The molecular weight excluding hydrogens is 296 g/mol. The van der Waals surface area contributed by atoms with Crippen molar-refractivity contribution in [2.45, 2.75) is 38.5 Å². The zero-order valence-electron chi connectivity index (χ0n) is 12.5. The number of carboxylic acids is 1. The first kappa shape index (κ1) is 16.4. The molecule has 0 spiro atoms. The van der Waals surface area contributed by atoms with Gasteiger partial charge in [0.2, 0.25) is 0 Å². The van der Waals surface area contributed by atoms with E-state index in [2.05, 4.69) is 11.4 Å². The molecule has 2 aromatic rings. The molecule has 0 atom stereocenters. The van der Waals surface area contributed by atoms with Gasteiger partial charge in [-0.1, -0.05) is 37.1 Å². The molecule has 1 aromatic heterocycles. The Balaban J connectivity index is 1.74. The van der Waals surface area contributed by atoms with Crippen molar-refractivity contribution >= 4 is 23.1 Å². The summed E-state index contributed by atoms with van der Waals surface area (Å²) in [4.78, 5) is 22.5. The molecule has 0 saturated carbocycles. The third-order valence-corrected chi connectivity index (χ3v) is 4.29. The highest BCUT2D eigenvalue weighted by molar-refractivity contribution is 7.08. The van der Waals surface area contributed by atoms with Gasteiger partial charge in [-0.3, -0.25) is 9.59 Å². The third kappa shape index (κ3) is 5.11. The minimum atomic E-state index is -0.748. The van der Waals surface area contributed by atoms with Crippen LogP contribution in [0.5, 0.6) is 0 Å². The molecule has 22 heavy (non-hydrogen) atoms. The highest BCUT2D eigenvalue weighted by atomic mass is 32.1. The topological polar surface area (TPSA) is 54.4 Å². The van der Waals surface area contributed by atoms with Gasteiger partial charge in [0.15, 0.2) is 5.78 Å². The normalized spacial score (nSPS) is 10.5. The molecule has 0 radical (unpaired) electrons. The first-order valence-electron chi connectivity index (χ1n) is 7.54. The van der Waals surface area contributed by atoms with E-state index >= 15 is 0 Å². The molecule has 0 saturated heterocycles. The lowest BCUT2D eigenvalue weighted by molar-refractivity contribution is -0.137. The number of unbranched alkanes of at least 4 members (excludes halogenated alkanes) is 3. The minimum Gasteiger partial charge on any atom is -0.481 e. The minimum absolute atomic E-state index is 0.162. The maximum absolute atomic E-state index is 12.1. The highest BCUT2D eigenvalue weighted by Gasteiger charge is 2.06. The molecule has 0 aliphatic rings. The average Bonchev–Trinajstić information content (AvgIpc) is 3.05. The number of hydrogen-bond donors (Lipinski definition) is 1. The predicted molar refractivity (Wildman–Crippen MR) is 89.4 cm³/mol. The number of thiophene rings is 1. The molecule has 1 aromatic carbocycles. The molecule has 0 aliphatic heterocycles. The van der Waals surface area contributed by atoms with Gasteiger partial charge in [-0.2, -0.15) is 11.3 Å². The lowest BCUT2D eigenvalue weighted by Crippen LogP contribution is -1.99. The smallest absolute Gasteiger partial charge is 0.303 e. The fraction of sp³-hybridized carbons (Fsp3) is 0.333. The fourth-order valence-corrected chi connectivity index (χ4v) is 3.00. The molecule has 2 rings (SSSR count). The van der Waals surface area contributed by atoms with Gasteiger partial charge in [-0.25, -0.2) is 0 Å². The summed E-state index contributed by atoms with van der Waals surface area (Å²) in [6, 6.07) is 9.82. The number of carboxylic acid groups (broad SMARTS) is 1. The van der Waals surface area contributed by atoms with Gasteiger partial charge >= 0.3 is 5.97 Å². The van der Waals surface area contributed by atoms with Crippen LogP contribution in [0.25, 0.3) is 11.1 Å². The van der Waals surface area contributed by atoms with Crippen LogP contribution in [-0.4, -0.2) is 16.9 Å². The Morgan fingerprint density at radius 2 is 1.55 bits per heavy atom. The Morgan fingerprint density at radius 1 is 0.864 bits per heavy atom. The van der Waals surface area contributed by atoms with Crippen LogP contribution in [-0.2, 0) is 4.79 Å². The summed E-state index contributed by atoms with van der Waals surface area (Å²) in [6.07, 6.45) is 4.05. The Labute approximate surface area is 134 Å². The van der Waals surface area contributed by atoms with E-state index in [1.165, 1.54) is 5.56 Å². The summed E-state index contributed by atoms with van der Waals surface area (Å²) in [5.74, 6) is -0.586. The van der Waals surface area contributed by atoms with E-state index in [0.29, 0.717) is 12.8 Å². The van der Waals surface area contributed by atoms with Crippen molar-refractivity contribution in [2.24, 2.45) is 0 Å². The van der Waals surface area contributed by atoms with E-state index < -0.39 is 5.97 Å². The number of Topliss-reactive ketones (excluding diaryl/α,β-unsaturated/α-hetero) is 1. The second-order valence-corrected chi connectivity index (χ2v) is 6.10. The molecule has 0 aliphatic carbocycles. The van der Waals surface area contributed by atoms with Crippen LogP contribution in [0, 0.1) is 0 Å². The van der Waals surface area contributed by atoms with Crippen LogP contribution in [0.3, 0.4) is 0 Å². The number of benzene rings is 1. The lowest BCUT2D eigenvalue weighted by Gasteiger charge is -2.03. The largest absolute Gasteiger partial charge is 0.481 e. The van der Waals surface area contributed by atoms with Crippen LogP contribution < -0.4 is 0 Å². The predicted octanol–water partition coefficient (Wildman–Crippen LogP) is 5.02. The van der Waals surface area contributed by atoms with E-state index in [1.54, 1.807) is 11.3 Å². The molecule has 0 bridgehead atoms. The first-order valence-corrected chi connectivity index (χ1v) is 8.49. The van der Waals surface area contributed by atoms with Crippen molar-refractivity contribution in [3.63, 3.8) is 0 Å². The number of carbonyl (C=O) groups excluding carboxylic acids is 1. The molecular formula is C18H20O3S. The van der Waals surface area contributed by atoms with Crippen LogP contribution >= 0.6 is 11.3 Å². The Morgan fingerprint density at radius 3 is 2.14 bits per heavy atom. The first-order chi connectivity index (χ1) is 10.7. The van der Waals surface area contributed by atoms with E-state index in [1.807, 2.05) is 29.6 Å². The molecule has 1 heterocycles. The molecule has 0 fully saturated rings. The summed E-state index contributed by atoms with van der Waals surface area (Å²) in [6.45, 7) is 0. The van der Waals surface area contributed by atoms with Crippen molar-refractivity contribution in [3.8, 4) is 11.1 Å². The van der Waals surface area contributed by atoms with Gasteiger partial charge < -0.3 is 5.11 Å². The molecule has 1 N–H and O–H groups in total. The molecule has 4 heteroatoms. The summed E-state index contributed by atoms with van der Waals surface area (Å²) in [5.41, 5.74) is 3.07. The van der Waals surface area contributed by atoms with Crippen LogP contribution in [0.15, 0.2) is 41.1 Å².